The third-order valence-electron chi connectivity index (χ3n) is 4.61. The van der Waals surface area contributed by atoms with E-state index in [2.05, 4.69) is 22.9 Å². The molecular weight excluding hydrogens is 333 g/mol. The fraction of sp³-hybridized carbons (Fsp3) is 0.647. The molecule has 1 saturated carbocycles. The smallest absolute Gasteiger partial charge is 0.124 e. The molecule has 0 aromatic heterocycles. The first-order valence-corrected chi connectivity index (χ1v) is 8.59. The summed E-state index contributed by atoms with van der Waals surface area (Å²) in [5, 5.41) is 0. The molecule has 1 atom stereocenters. The highest BCUT2D eigenvalue weighted by molar-refractivity contribution is 9.10. The van der Waals surface area contributed by atoms with E-state index < -0.39 is 0 Å². The summed E-state index contributed by atoms with van der Waals surface area (Å²) in [6.07, 6.45) is 4.95. The van der Waals surface area contributed by atoms with Crippen molar-refractivity contribution in [3.8, 4) is 0 Å². The summed E-state index contributed by atoms with van der Waals surface area (Å²) >= 11 is 3.34. The minimum absolute atomic E-state index is 0.0985. The van der Waals surface area contributed by atoms with Crippen molar-refractivity contribution in [1.82, 2.24) is 0 Å². The first-order valence-electron chi connectivity index (χ1n) is 7.79. The molecule has 1 fully saturated rings. The number of halogens is 2. The van der Waals surface area contributed by atoms with E-state index in [4.69, 9.17) is 10.5 Å². The van der Waals surface area contributed by atoms with Crippen LogP contribution in [0.3, 0.4) is 0 Å². The molecule has 2 nitrogen and oxygen atoms in total. The molecule has 0 aliphatic heterocycles. The van der Waals surface area contributed by atoms with Crippen LogP contribution in [0.25, 0.3) is 0 Å². The molecule has 0 saturated heterocycles. The molecule has 1 aliphatic carbocycles. The van der Waals surface area contributed by atoms with Crippen molar-refractivity contribution in [3.63, 3.8) is 0 Å². The Morgan fingerprint density at radius 2 is 2.05 bits per heavy atom. The van der Waals surface area contributed by atoms with Crippen LogP contribution in [-0.4, -0.2) is 18.2 Å². The highest BCUT2D eigenvalue weighted by atomic mass is 79.9. The maximum absolute atomic E-state index is 13.5. The summed E-state index contributed by atoms with van der Waals surface area (Å²) < 4.78 is 20.4. The molecule has 2 rings (SSSR count). The lowest BCUT2D eigenvalue weighted by Gasteiger charge is -2.43. The molecule has 2 N–H and O–H groups in total. The van der Waals surface area contributed by atoms with Crippen LogP contribution in [0.4, 0.5) is 4.39 Å². The van der Waals surface area contributed by atoms with Crippen molar-refractivity contribution in [2.24, 2.45) is 11.7 Å². The molecule has 0 bridgehead atoms. The number of hydrogen-bond acceptors (Lipinski definition) is 2. The van der Waals surface area contributed by atoms with Crippen LogP contribution in [0.2, 0.25) is 0 Å². The number of nitrogens with two attached hydrogens (primary N) is 1. The van der Waals surface area contributed by atoms with Gasteiger partial charge in [-0.3, -0.25) is 0 Å². The third-order valence-corrected chi connectivity index (χ3v) is 5.06. The molecule has 0 spiro atoms. The first-order chi connectivity index (χ1) is 9.95. The Bertz CT molecular complexity index is 452. The summed E-state index contributed by atoms with van der Waals surface area (Å²) in [4.78, 5) is 0. The second-order valence-corrected chi connectivity index (χ2v) is 7.18. The lowest BCUT2D eigenvalue weighted by atomic mass is 9.74. The highest BCUT2D eigenvalue weighted by Gasteiger charge is 2.40. The third kappa shape index (κ3) is 4.27. The predicted octanol–water partition coefficient (Wildman–Crippen LogP) is 4.44. The van der Waals surface area contributed by atoms with E-state index in [1.54, 1.807) is 6.07 Å². The quantitative estimate of drug-likeness (QED) is 0.844. The van der Waals surface area contributed by atoms with Crippen molar-refractivity contribution < 1.29 is 9.13 Å². The van der Waals surface area contributed by atoms with Gasteiger partial charge in [-0.1, -0.05) is 22.9 Å². The van der Waals surface area contributed by atoms with Gasteiger partial charge in [0.2, 0.25) is 0 Å². The Kier molecular flexibility index (Phi) is 5.81. The Labute approximate surface area is 135 Å². The second-order valence-electron chi connectivity index (χ2n) is 6.27. The Morgan fingerprint density at radius 1 is 1.38 bits per heavy atom. The Balaban J connectivity index is 2.13. The van der Waals surface area contributed by atoms with Gasteiger partial charge in [-0.15, -0.1) is 0 Å². The summed E-state index contributed by atoms with van der Waals surface area (Å²) in [5.41, 5.74) is 7.16. The van der Waals surface area contributed by atoms with Crippen molar-refractivity contribution in [2.75, 3.05) is 6.61 Å². The number of hydrogen-bond donors (Lipinski definition) is 1. The second kappa shape index (κ2) is 7.21. The molecule has 1 aromatic carbocycles. The molecule has 0 radical (unpaired) electrons. The summed E-state index contributed by atoms with van der Waals surface area (Å²) in [6.45, 7) is 4.98. The van der Waals surface area contributed by atoms with Crippen molar-refractivity contribution >= 4 is 15.9 Å². The van der Waals surface area contributed by atoms with Crippen molar-refractivity contribution in [1.29, 1.82) is 0 Å². The molecule has 4 heteroatoms. The van der Waals surface area contributed by atoms with Crippen LogP contribution in [0.1, 0.15) is 45.1 Å². The molecule has 1 aliphatic rings. The summed E-state index contributed by atoms with van der Waals surface area (Å²) in [7, 11) is 0. The van der Waals surface area contributed by atoms with E-state index in [1.165, 1.54) is 6.07 Å². The van der Waals surface area contributed by atoms with Gasteiger partial charge in [0.05, 0.1) is 5.60 Å². The van der Waals surface area contributed by atoms with Gasteiger partial charge in [-0.05, 0) is 68.7 Å². The van der Waals surface area contributed by atoms with Crippen molar-refractivity contribution in [3.05, 3.63) is 34.1 Å². The average molecular weight is 358 g/mol. The van der Waals surface area contributed by atoms with Crippen LogP contribution < -0.4 is 5.73 Å². The SMILES string of the molecule is CCOC1(C(N)Cc2cc(F)cc(Br)c2)CCC(C)CC1. The fourth-order valence-electron chi connectivity index (χ4n) is 3.33. The van der Waals surface area contributed by atoms with E-state index in [0.717, 1.165) is 41.6 Å². The zero-order valence-corrected chi connectivity index (χ0v) is 14.5. The Hall–Kier alpha value is -0.450. The van der Waals surface area contributed by atoms with E-state index in [0.29, 0.717) is 13.0 Å². The topological polar surface area (TPSA) is 35.2 Å². The van der Waals surface area contributed by atoms with E-state index in [9.17, 15) is 4.39 Å². The van der Waals surface area contributed by atoms with E-state index in [-0.39, 0.29) is 17.5 Å². The fourth-order valence-corrected chi connectivity index (χ4v) is 3.84. The summed E-state index contributed by atoms with van der Waals surface area (Å²) in [5.74, 6) is 0.517. The Morgan fingerprint density at radius 3 is 2.62 bits per heavy atom. The molecule has 0 amide bonds. The molecule has 1 unspecified atom stereocenters. The molecule has 0 heterocycles. The monoisotopic (exact) mass is 357 g/mol. The molecular formula is C17H25BrFNO. The molecule has 1 aromatic rings. The zero-order chi connectivity index (χ0) is 15.5. The van der Waals surface area contributed by atoms with Crippen LogP contribution in [0, 0.1) is 11.7 Å². The molecule has 21 heavy (non-hydrogen) atoms. The maximum Gasteiger partial charge on any atom is 0.124 e. The predicted molar refractivity (Wildman–Crippen MR) is 87.8 cm³/mol. The average Bonchev–Trinajstić information content (AvgIpc) is 2.40. The van der Waals surface area contributed by atoms with E-state index in [1.807, 2.05) is 13.0 Å². The molecule has 118 valence electrons. The number of rotatable bonds is 5. The van der Waals surface area contributed by atoms with Gasteiger partial charge in [0.25, 0.3) is 0 Å². The first kappa shape index (κ1) is 16.9. The van der Waals surface area contributed by atoms with E-state index >= 15 is 0 Å². The number of ether oxygens (including phenoxy) is 1. The van der Waals surface area contributed by atoms with Gasteiger partial charge in [-0.2, -0.15) is 0 Å². The van der Waals surface area contributed by atoms with Gasteiger partial charge in [0.1, 0.15) is 5.82 Å². The normalized spacial score (nSPS) is 27.6. The van der Waals surface area contributed by atoms with Crippen molar-refractivity contribution in [2.45, 2.75) is 57.6 Å². The minimum Gasteiger partial charge on any atom is -0.374 e. The van der Waals surface area contributed by atoms with Crippen LogP contribution in [0.5, 0.6) is 0 Å². The largest absolute Gasteiger partial charge is 0.374 e. The minimum atomic E-state index is -0.250. The van der Waals surface area contributed by atoms with Crippen LogP contribution in [0.15, 0.2) is 22.7 Å². The standard InChI is InChI=1S/C17H25BrFNO/c1-3-21-17(6-4-12(2)5-7-17)16(20)10-13-8-14(18)11-15(19)9-13/h8-9,11-12,16H,3-7,10,20H2,1-2H3. The number of benzene rings is 1. The van der Waals surface area contributed by atoms with Gasteiger partial charge in [0.15, 0.2) is 0 Å². The maximum atomic E-state index is 13.5. The lowest BCUT2D eigenvalue weighted by molar-refractivity contribution is -0.0883. The van der Waals surface area contributed by atoms with Gasteiger partial charge >= 0.3 is 0 Å². The van der Waals surface area contributed by atoms with Gasteiger partial charge in [0, 0.05) is 17.1 Å². The zero-order valence-electron chi connectivity index (χ0n) is 12.9. The van der Waals surface area contributed by atoms with Crippen LogP contribution >= 0.6 is 15.9 Å². The highest BCUT2D eigenvalue weighted by Crippen LogP contribution is 2.37. The van der Waals surface area contributed by atoms with Gasteiger partial charge in [-0.25, -0.2) is 4.39 Å². The van der Waals surface area contributed by atoms with Crippen LogP contribution in [-0.2, 0) is 11.2 Å². The lowest BCUT2D eigenvalue weighted by Crippen LogP contribution is -2.53. The summed E-state index contributed by atoms with van der Waals surface area (Å²) in [6, 6.07) is 4.87. The van der Waals surface area contributed by atoms with Gasteiger partial charge < -0.3 is 10.5 Å².